The monoisotopic (exact) mass is 282 g/mol. The van der Waals surface area contributed by atoms with Crippen LogP contribution in [0.4, 0.5) is 4.39 Å². The Morgan fingerprint density at radius 1 is 1.14 bits per heavy atom. The molecule has 2 N–H and O–H groups in total. The van der Waals surface area contributed by atoms with Gasteiger partial charge in [-0.3, -0.25) is 0 Å². The topological polar surface area (TPSA) is 56.7 Å². The minimum absolute atomic E-state index is 0.275. The number of rotatable bonds is 3. The molecule has 0 aliphatic rings. The molecule has 0 unspecified atom stereocenters. The van der Waals surface area contributed by atoms with Gasteiger partial charge in [-0.05, 0) is 48.9 Å². The molecule has 4 nitrogen and oxygen atoms in total. The van der Waals surface area contributed by atoms with Crippen LogP contribution in [0, 0.1) is 12.7 Å². The van der Waals surface area contributed by atoms with Crippen molar-refractivity contribution >= 4 is 0 Å². The lowest BCUT2D eigenvalue weighted by Gasteiger charge is -2.08. The van der Waals surface area contributed by atoms with Crippen molar-refractivity contribution in [1.29, 1.82) is 0 Å². The number of nitrogens with zero attached hydrogens (tertiary/aromatic N) is 3. The Balaban J connectivity index is 2.19. The van der Waals surface area contributed by atoms with E-state index in [4.69, 9.17) is 5.73 Å². The summed E-state index contributed by atoms with van der Waals surface area (Å²) >= 11 is 0. The highest BCUT2D eigenvalue weighted by molar-refractivity contribution is 5.64. The van der Waals surface area contributed by atoms with E-state index in [9.17, 15) is 4.39 Å². The first-order chi connectivity index (χ1) is 10.2. The standard InChI is InChI=1S/C16H15FN4/c1-11-3-2-4-14(9-11)21-16(15(10-18)19-20-21)12-5-7-13(17)8-6-12/h2-9H,10,18H2,1H3. The summed E-state index contributed by atoms with van der Waals surface area (Å²) < 4.78 is 14.9. The summed E-state index contributed by atoms with van der Waals surface area (Å²) in [5.41, 5.74) is 10.1. The Morgan fingerprint density at radius 2 is 1.90 bits per heavy atom. The zero-order valence-corrected chi connectivity index (χ0v) is 11.6. The molecule has 0 saturated heterocycles. The molecule has 0 amide bonds. The zero-order chi connectivity index (χ0) is 14.8. The average molecular weight is 282 g/mol. The number of aryl methyl sites for hydroxylation is 1. The molecule has 0 atom stereocenters. The van der Waals surface area contributed by atoms with E-state index in [1.807, 2.05) is 31.2 Å². The van der Waals surface area contributed by atoms with Crippen molar-refractivity contribution in [2.75, 3.05) is 0 Å². The van der Waals surface area contributed by atoms with Crippen molar-refractivity contribution < 1.29 is 4.39 Å². The van der Waals surface area contributed by atoms with Crippen molar-refractivity contribution in [2.24, 2.45) is 5.73 Å². The summed E-state index contributed by atoms with van der Waals surface area (Å²) in [6.45, 7) is 2.29. The van der Waals surface area contributed by atoms with E-state index in [1.54, 1.807) is 16.8 Å². The third kappa shape index (κ3) is 2.55. The van der Waals surface area contributed by atoms with Crippen LogP contribution in [0.5, 0.6) is 0 Å². The average Bonchev–Trinajstić information content (AvgIpc) is 2.92. The van der Waals surface area contributed by atoms with Crippen molar-refractivity contribution in [2.45, 2.75) is 13.5 Å². The molecule has 21 heavy (non-hydrogen) atoms. The lowest BCUT2D eigenvalue weighted by Crippen LogP contribution is -2.02. The fourth-order valence-corrected chi connectivity index (χ4v) is 2.29. The lowest BCUT2D eigenvalue weighted by molar-refractivity contribution is 0.628. The lowest BCUT2D eigenvalue weighted by atomic mass is 10.1. The van der Waals surface area contributed by atoms with Crippen LogP contribution in [-0.2, 0) is 6.54 Å². The number of aromatic nitrogens is 3. The maximum absolute atomic E-state index is 13.1. The van der Waals surface area contributed by atoms with Crippen LogP contribution in [-0.4, -0.2) is 15.0 Å². The van der Waals surface area contributed by atoms with Crippen molar-refractivity contribution in [1.82, 2.24) is 15.0 Å². The van der Waals surface area contributed by atoms with Gasteiger partial charge in [-0.1, -0.05) is 17.3 Å². The van der Waals surface area contributed by atoms with Gasteiger partial charge in [0.05, 0.1) is 11.4 Å². The van der Waals surface area contributed by atoms with Gasteiger partial charge in [0.2, 0.25) is 0 Å². The van der Waals surface area contributed by atoms with Gasteiger partial charge in [0.25, 0.3) is 0 Å². The molecule has 0 fully saturated rings. The predicted molar refractivity (Wildman–Crippen MR) is 79.4 cm³/mol. The summed E-state index contributed by atoms with van der Waals surface area (Å²) in [6.07, 6.45) is 0. The summed E-state index contributed by atoms with van der Waals surface area (Å²) in [4.78, 5) is 0. The molecule has 0 aliphatic heterocycles. The molecule has 3 aromatic rings. The molecule has 1 aromatic heterocycles. The van der Waals surface area contributed by atoms with Gasteiger partial charge < -0.3 is 5.73 Å². The molecule has 0 aliphatic carbocycles. The SMILES string of the molecule is Cc1cccc(-n2nnc(CN)c2-c2ccc(F)cc2)c1. The van der Waals surface area contributed by atoms with Crippen LogP contribution in [0.2, 0.25) is 0 Å². The van der Waals surface area contributed by atoms with Crippen LogP contribution in [0.15, 0.2) is 48.5 Å². The Bertz CT molecular complexity index is 762. The molecule has 0 spiro atoms. The first kappa shape index (κ1) is 13.5. The molecule has 5 heteroatoms. The normalized spacial score (nSPS) is 10.8. The van der Waals surface area contributed by atoms with Gasteiger partial charge in [-0.15, -0.1) is 5.10 Å². The van der Waals surface area contributed by atoms with Gasteiger partial charge in [0, 0.05) is 12.1 Å². The van der Waals surface area contributed by atoms with E-state index in [2.05, 4.69) is 10.3 Å². The van der Waals surface area contributed by atoms with E-state index in [0.717, 1.165) is 22.5 Å². The number of hydrogen-bond acceptors (Lipinski definition) is 3. The van der Waals surface area contributed by atoms with Crippen LogP contribution < -0.4 is 5.73 Å². The summed E-state index contributed by atoms with van der Waals surface area (Å²) in [5, 5.41) is 8.32. The fraction of sp³-hybridized carbons (Fsp3) is 0.125. The molecular weight excluding hydrogens is 267 g/mol. The molecule has 1 heterocycles. The summed E-state index contributed by atoms with van der Waals surface area (Å²) in [6, 6.07) is 14.2. The largest absolute Gasteiger partial charge is 0.325 e. The number of nitrogens with two attached hydrogens (primary N) is 1. The molecule has 3 rings (SSSR count). The van der Waals surface area contributed by atoms with Gasteiger partial charge in [-0.2, -0.15) is 0 Å². The summed E-state index contributed by atoms with van der Waals surface area (Å²) in [7, 11) is 0. The van der Waals surface area contributed by atoms with Gasteiger partial charge >= 0.3 is 0 Å². The predicted octanol–water partition coefficient (Wildman–Crippen LogP) is 2.84. The molecule has 2 aromatic carbocycles. The van der Waals surface area contributed by atoms with E-state index >= 15 is 0 Å². The van der Waals surface area contributed by atoms with Crippen molar-refractivity contribution in [3.05, 3.63) is 65.6 Å². The molecule has 0 radical (unpaired) electrons. The van der Waals surface area contributed by atoms with E-state index in [0.29, 0.717) is 5.69 Å². The van der Waals surface area contributed by atoms with Crippen molar-refractivity contribution in [3.63, 3.8) is 0 Å². The molecular formula is C16H15FN4. The molecule has 0 saturated carbocycles. The first-order valence-corrected chi connectivity index (χ1v) is 6.66. The van der Waals surface area contributed by atoms with Crippen LogP contribution in [0.3, 0.4) is 0 Å². The van der Waals surface area contributed by atoms with E-state index in [1.165, 1.54) is 12.1 Å². The maximum Gasteiger partial charge on any atom is 0.123 e. The first-order valence-electron chi connectivity index (χ1n) is 6.66. The highest BCUT2D eigenvalue weighted by atomic mass is 19.1. The van der Waals surface area contributed by atoms with E-state index < -0.39 is 0 Å². The molecule has 106 valence electrons. The fourth-order valence-electron chi connectivity index (χ4n) is 2.29. The highest BCUT2D eigenvalue weighted by Gasteiger charge is 2.15. The van der Waals surface area contributed by atoms with Crippen LogP contribution >= 0.6 is 0 Å². The Hall–Kier alpha value is -2.53. The second-order valence-corrected chi connectivity index (χ2v) is 4.85. The Labute approximate surface area is 122 Å². The van der Waals surface area contributed by atoms with Crippen LogP contribution in [0.25, 0.3) is 16.9 Å². The van der Waals surface area contributed by atoms with Crippen LogP contribution in [0.1, 0.15) is 11.3 Å². The van der Waals surface area contributed by atoms with E-state index in [-0.39, 0.29) is 12.4 Å². The minimum atomic E-state index is -0.275. The maximum atomic E-state index is 13.1. The zero-order valence-electron chi connectivity index (χ0n) is 11.6. The Morgan fingerprint density at radius 3 is 2.57 bits per heavy atom. The second-order valence-electron chi connectivity index (χ2n) is 4.85. The highest BCUT2D eigenvalue weighted by Crippen LogP contribution is 2.25. The summed E-state index contributed by atoms with van der Waals surface area (Å²) in [5.74, 6) is -0.275. The van der Waals surface area contributed by atoms with Gasteiger partial charge in [-0.25, -0.2) is 9.07 Å². The smallest absolute Gasteiger partial charge is 0.123 e. The number of halogens is 1. The second kappa shape index (κ2) is 5.46. The number of benzene rings is 2. The van der Waals surface area contributed by atoms with Crippen molar-refractivity contribution in [3.8, 4) is 16.9 Å². The third-order valence-electron chi connectivity index (χ3n) is 3.30. The third-order valence-corrected chi connectivity index (χ3v) is 3.30. The Kier molecular flexibility index (Phi) is 3.50. The quantitative estimate of drug-likeness (QED) is 0.803. The minimum Gasteiger partial charge on any atom is -0.325 e. The van der Waals surface area contributed by atoms with Gasteiger partial charge in [0.1, 0.15) is 11.5 Å². The van der Waals surface area contributed by atoms with Gasteiger partial charge in [0.15, 0.2) is 0 Å². The molecule has 0 bridgehead atoms. The number of hydrogen-bond donors (Lipinski definition) is 1.